The van der Waals surface area contributed by atoms with Crippen LogP contribution in [-0.4, -0.2) is 33.8 Å². The smallest absolute Gasteiger partial charge is 0.416 e. The van der Waals surface area contributed by atoms with Gasteiger partial charge in [-0.05, 0) is 28.3 Å². The van der Waals surface area contributed by atoms with Gasteiger partial charge in [0, 0.05) is 6.61 Å². The van der Waals surface area contributed by atoms with Crippen LogP contribution in [0, 0.1) is 0 Å². The summed E-state index contributed by atoms with van der Waals surface area (Å²) in [5.41, 5.74) is -5.30. The number of rotatable bonds is 9. The number of alkyl halides is 3. The minimum atomic E-state index is -5.84. The molecule has 6 nitrogen and oxygen atoms in total. The van der Waals surface area contributed by atoms with Crippen molar-refractivity contribution in [2.24, 2.45) is 0 Å². The average molecular weight is 514 g/mol. The topological polar surface area (TPSA) is 78.6 Å². The van der Waals surface area contributed by atoms with Crippen LogP contribution >= 0.6 is 0 Å². The Balaban J connectivity index is 1.75. The molecule has 3 rings (SSSR count). The zero-order chi connectivity index (χ0) is 25.0. The Morgan fingerprint density at radius 1 is 0.941 bits per heavy atom. The second-order valence-corrected chi connectivity index (χ2v) is 14.5. The third-order valence-corrected chi connectivity index (χ3v) is 11.3. The van der Waals surface area contributed by atoms with Gasteiger partial charge in [-0.2, -0.15) is 26.6 Å². The van der Waals surface area contributed by atoms with Crippen LogP contribution in [0.25, 0.3) is 0 Å². The third-order valence-electron chi connectivity index (χ3n) is 5.31. The van der Waals surface area contributed by atoms with Crippen molar-refractivity contribution in [1.82, 2.24) is 4.98 Å². The van der Waals surface area contributed by atoms with Crippen molar-refractivity contribution in [2.45, 2.75) is 44.2 Å². The zero-order valence-electron chi connectivity index (χ0n) is 19.0. The average Bonchev–Trinajstić information content (AvgIpc) is 3.20. The molecule has 0 aliphatic rings. The van der Waals surface area contributed by atoms with Gasteiger partial charge < -0.3 is 13.0 Å². The second-order valence-electron chi connectivity index (χ2n) is 8.70. The molecule has 0 unspecified atom stereocenters. The van der Waals surface area contributed by atoms with Crippen molar-refractivity contribution in [1.29, 1.82) is 0 Å². The number of hydrogen-bond acceptors (Lipinski definition) is 6. The van der Waals surface area contributed by atoms with E-state index in [-0.39, 0.29) is 10.7 Å². The van der Waals surface area contributed by atoms with E-state index in [4.69, 9.17) is 8.84 Å². The van der Waals surface area contributed by atoms with Crippen LogP contribution in [0.2, 0.25) is 5.04 Å². The number of benzene rings is 2. The van der Waals surface area contributed by atoms with Gasteiger partial charge in [0.05, 0.1) is 5.69 Å². The summed E-state index contributed by atoms with van der Waals surface area (Å²) in [6, 6.07) is 20.2. The maximum absolute atomic E-state index is 12.5. The summed E-state index contributed by atoms with van der Waals surface area (Å²) >= 11 is 0. The van der Waals surface area contributed by atoms with Crippen LogP contribution in [0.5, 0.6) is 6.08 Å². The van der Waals surface area contributed by atoms with Gasteiger partial charge >= 0.3 is 21.7 Å². The molecular formula is C23H26F3NO5SSi. The molecule has 1 heterocycles. The first-order valence-electron chi connectivity index (χ1n) is 10.6. The molecular weight excluding hydrogens is 487 g/mol. The summed E-state index contributed by atoms with van der Waals surface area (Å²) in [4.78, 5) is 3.70. The fraction of sp³-hybridized carbons (Fsp3) is 0.348. The number of oxazole rings is 1. The molecule has 0 spiro atoms. The highest BCUT2D eigenvalue weighted by Crippen LogP contribution is 2.37. The lowest BCUT2D eigenvalue weighted by Gasteiger charge is -2.43. The maximum Gasteiger partial charge on any atom is 0.534 e. The fourth-order valence-corrected chi connectivity index (χ4v) is 8.79. The summed E-state index contributed by atoms with van der Waals surface area (Å²) in [7, 11) is -8.54. The Morgan fingerprint density at radius 2 is 1.47 bits per heavy atom. The molecule has 11 heteroatoms. The standard InChI is InChI=1S/C23H26F3NO5SSi/c1-22(2,3)34(19-12-6-4-7-13-19,20-14-8-5-9-15-20)31-16-10-11-18-17-30-21(27-18)32-33(28,29)23(24,25)26/h4-9,12-15,17H,10-11,16H2,1-3H3. The van der Waals surface area contributed by atoms with Crippen molar-refractivity contribution in [3.63, 3.8) is 0 Å². The first kappa shape index (κ1) is 26.0. The summed E-state index contributed by atoms with van der Waals surface area (Å²) in [6.07, 6.45) is 0.893. The van der Waals surface area contributed by atoms with Crippen LogP contribution in [-0.2, 0) is 21.0 Å². The number of hydrogen-bond donors (Lipinski definition) is 0. The molecule has 2 aromatic carbocycles. The normalized spacial score (nSPS) is 13.1. The van der Waals surface area contributed by atoms with E-state index in [0.29, 0.717) is 19.4 Å². The number of aryl methyl sites for hydroxylation is 1. The zero-order valence-corrected chi connectivity index (χ0v) is 20.8. The van der Waals surface area contributed by atoms with Gasteiger partial charge in [-0.25, -0.2) is 0 Å². The molecule has 0 radical (unpaired) electrons. The SMILES string of the molecule is CC(C)(C)[Si](OCCCc1coc(OS(=O)(=O)C(F)(F)F)n1)(c1ccccc1)c1ccccc1. The summed E-state index contributed by atoms with van der Waals surface area (Å²) in [6.45, 7) is 6.82. The largest absolute Gasteiger partial charge is 0.534 e. The van der Waals surface area contributed by atoms with E-state index in [1.807, 2.05) is 36.4 Å². The molecule has 0 saturated heterocycles. The highest BCUT2D eigenvalue weighted by Gasteiger charge is 2.50. The number of halogens is 3. The fourth-order valence-electron chi connectivity index (χ4n) is 3.82. The van der Waals surface area contributed by atoms with Crippen LogP contribution < -0.4 is 14.6 Å². The summed E-state index contributed by atoms with van der Waals surface area (Å²) in [5, 5.41) is 2.06. The monoisotopic (exact) mass is 513 g/mol. The minimum Gasteiger partial charge on any atom is -0.416 e. The Labute approximate surface area is 198 Å². The van der Waals surface area contributed by atoms with E-state index >= 15 is 0 Å². The lowest BCUT2D eigenvalue weighted by Crippen LogP contribution is -2.66. The predicted molar refractivity (Wildman–Crippen MR) is 124 cm³/mol. The van der Waals surface area contributed by atoms with Gasteiger partial charge in [0.1, 0.15) is 6.26 Å². The molecule has 0 amide bonds. The van der Waals surface area contributed by atoms with Crippen molar-refractivity contribution < 1.29 is 34.6 Å². The first-order chi connectivity index (χ1) is 15.9. The van der Waals surface area contributed by atoms with Crippen molar-refractivity contribution in [2.75, 3.05) is 6.61 Å². The van der Waals surface area contributed by atoms with Crippen LogP contribution in [0.4, 0.5) is 13.2 Å². The predicted octanol–water partition coefficient (Wildman–Crippen LogP) is 4.41. The molecule has 3 aromatic rings. The molecule has 0 bridgehead atoms. The number of aromatic nitrogens is 1. The van der Waals surface area contributed by atoms with Crippen LogP contribution in [0.15, 0.2) is 71.3 Å². The van der Waals surface area contributed by atoms with Gasteiger partial charge in [-0.3, -0.25) is 0 Å². The van der Waals surface area contributed by atoms with E-state index < -0.39 is 30.0 Å². The van der Waals surface area contributed by atoms with Crippen molar-refractivity contribution in [3.8, 4) is 6.08 Å². The number of nitrogens with zero attached hydrogens (tertiary/aromatic N) is 1. The Morgan fingerprint density at radius 3 is 1.94 bits per heavy atom. The Kier molecular flexibility index (Phi) is 7.58. The third kappa shape index (κ3) is 5.53. The summed E-state index contributed by atoms with van der Waals surface area (Å²) in [5.74, 6) is 0. The molecule has 0 atom stereocenters. The van der Waals surface area contributed by atoms with Crippen LogP contribution in [0.3, 0.4) is 0 Å². The second kappa shape index (κ2) is 9.93. The van der Waals surface area contributed by atoms with E-state index in [0.717, 1.165) is 16.6 Å². The highest BCUT2D eigenvalue weighted by molar-refractivity contribution is 7.87. The van der Waals surface area contributed by atoms with Gasteiger partial charge in [-0.15, -0.1) is 0 Å². The molecule has 34 heavy (non-hydrogen) atoms. The molecule has 1 aromatic heterocycles. The molecule has 0 saturated carbocycles. The lowest BCUT2D eigenvalue weighted by molar-refractivity contribution is -0.0508. The lowest BCUT2D eigenvalue weighted by atomic mass is 10.2. The highest BCUT2D eigenvalue weighted by atomic mass is 32.2. The van der Waals surface area contributed by atoms with Crippen LogP contribution in [0.1, 0.15) is 32.9 Å². The quantitative estimate of drug-likeness (QED) is 0.183. The Hall–Kier alpha value is -2.63. The molecule has 0 aliphatic heterocycles. The molecule has 184 valence electrons. The van der Waals surface area contributed by atoms with Gasteiger partial charge in [0.15, 0.2) is 0 Å². The van der Waals surface area contributed by atoms with Gasteiger partial charge in [0.25, 0.3) is 8.32 Å². The van der Waals surface area contributed by atoms with Gasteiger partial charge in [-0.1, -0.05) is 81.4 Å². The first-order valence-corrected chi connectivity index (χ1v) is 13.9. The minimum absolute atomic E-state index is 0.198. The molecule has 0 N–H and O–H groups in total. The van der Waals surface area contributed by atoms with E-state index in [9.17, 15) is 21.6 Å². The van der Waals surface area contributed by atoms with Crippen molar-refractivity contribution >= 4 is 28.8 Å². The molecule has 0 fully saturated rings. The summed E-state index contributed by atoms with van der Waals surface area (Å²) < 4.78 is 75.0. The van der Waals surface area contributed by atoms with E-state index in [1.165, 1.54) is 0 Å². The maximum atomic E-state index is 12.5. The van der Waals surface area contributed by atoms with E-state index in [2.05, 4.69) is 54.2 Å². The van der Waals surface area contributed by atoms with Crippen molar-refractivity contribution in [3.05, 3.63) is 72.6 Å². The van der Waals surface area contributed by atoms with E-state index in [1.54, 1.807) is 0 Å². The molecule has 0 aliphatic carbocycles. The van der Waals surface area contributed by atoms with Gasteiger partial charge in [0.2, 0.25) is 0 Å². The Bertz CT molecular complexity index is 1140.